The molecule has 1 aromatic rings. The van der Waals surface area contributed by atoms with Crippen LogP contribution in [0.25, 0.3) is 0 Å². The van der Waals surface area contributed by atoms with Gasteiger partial charge in [-0.3, -0.25) is 0 Å². The van der Waals surface area contributed by atoms with Gasteiger partial charge in [0.25, 0.3) is 0 Å². The van der Waals surface area contributed by atoms with E-state index in [2.05, 4.69) is 6.07 Å². The van der Waals surface area contributed by atoms with E-state index < -0.39 is 11.2 Å². The number of benzene rings is 1. The first-order chi connectivity index (χ1) is 6.38. The van der Waals surface area contributed by atoms with Crippen molar-refractivity contribution in [1.29, 1.82) is 5.26 Å². The van der Waals surface area contributed by atoms with E-state index in [-0.39, 0.29) is 10.0 Å². The predicted octanol–water partition coefficient (Wildman–Crippen LogP) is 3.93. The first-order valence-electron chi connectivity index (χ1n) is 3.95. The average molecular weight is 232 g/mol. The van der Waals surface area contributed by atoms with E-state index in [0.29, 0.717) is 5.56 Å². The maximum absolute atomic E-state index is 13.1. The molecule has 0 amide bonds. The van der Waals surface area contributed by atoms with Crippen molar-refractivity contribution < 1.29 is 4.39 Å². The molecule has 0 saturated carbocycles. The highest BCUT2D eigenvalue weighted by molar-refractivity contribution is 6.35. The number of nitriles is 1. The lowest BCUT2D eigenvalue weighted by Crippen LogP contribution is -2.14. The lowest BCUT2D eigenvalue weighted by atomic mass is 9.86. The van der Waals surface area contributed by atoms with Gasteiger partial charge < -0.3 is 0 Å². The minimum absolute atomic E-state index is 0.0594. The van der Waals surface area contributed by atoms with Crippen LogP contribution in [-0.2, 0) is 5.41 Å². The molecule has 0 aliphatic carbocycles. The molecule has 0 fully saturated rings. The number of hydrogen-bond donors (Lipinski definition) is 0. The second kappa shape index (κ2) is 3.76. The van der Waals surface area contributed by atoms with Gasteiger partial charge in [0, 0.05) is 0 Å². The summed E-state index contributed by atoms with van der Waals surface area (Å²) < 4.78 is 13.1. The third kappa shape index (κ3) is 2.00. The zero-order valence-corrected chi connectivity index (χ0v) is 9.25. The molecule has 1 rings (SSSR count). The summed E-state index contributed by atoms with van der Waals surface area (Å²) in [5, 5.41) is 8.75. The minimum Gasteiger partial charge on any atom is -0.204 e. The van der Waals surface area contributed by atoms with Crippen molar-refractivity contribution in [3.63, 3.8) is 0 Å². The Hall–Kier alpha value is -0.780. The van der Waals surface area contributed by atoms with E-state index in [1.807, 2.05) is 0 Å². The van der Waals surface area contributed by atoms with Gasteiger partial charge >= 0.3 is 0 Å². The molecule has 0 N–H and O–H groups in total. The molecule has 0 aromatic heterocycles. The smallest absolute Gasteiger partial charge is 0.160 e. The van der Waals surface area contributed by atoms with Crippen molar-refractivity contribution in [2.75, 3.05) is 0 Å². The summed E-state index contributed by atoms with van der Waals surface area (Å²) in [6, 6.07) is 4.94. The minimum atomic E-state index is -0.721. The summed E-state index contributed by atoms with van der Waals surface area (Å²) in [5.74, 6) is -0.647. The van der Waals surface area contributed by atoms with Gasteiger partial charge in [0.2, 0.25) is 0 Å². The standard InChI is InChI=1S/C10H8Cl2FN/c1-10(2,5-14)6-3-7(11)9(13)8(12)4-6/h3-4H,1-2H3. The monoisotopic (exact) mass is 231 g/mol. The summed E-state index contributed by atoms with van der Waals surface area (Å²) in [6.45, 7) is 3.43. The van der Waals surface area contributed by atoms with Gasteiger partial charge in [0.15, 0.2) is 5.82 Å². The fraction of sp³-hybridized carbons (Fsp3) is 0.300. The van der Waals surface area contributed by atoms with Crippen molar-refractivity contribution >= 4 is 23.2 Å². The van der Waals surface area contributed by atoms with Crippen LogP contribution in [0.15, 0.2) is 12.1 Å². The molecule has 0 aliphatic heterocycles. The van der Waals surface area contributed by atoms with E-state index in [1.165, 1.54) is 12.1 Å². The van der Waals surface area contributed by atoms with Gasteiger partial charge in [-0.1, -0.05) is 23.2 Å². The van der Waals surface area contributed by atoms with Crippen LogP contribution in [0.5, 0.6) is 0 Å². The lowest BCUT2D eigenvalue weighted by molar-refractivity contribution is 0.622. The van der Waals surface area contributed by atoms with Crippen LogP contribution >= 0.6 is 23.2 Å². The Morgan fingerprint density at radius 2 is 1.71 bits per heavy atom. The predicted molar refractivity (Wildman–Crippen MR) is 55.1 cm³/mol. The summed E-state index contributed by atoms with van der Waals surface area (Å²) >= 11 is 11.2. The highest BCUT2D eigenvalue weighted by atomic mass is 35.5. The number of rotatable bonds is 1. The Kier molecular flexibility index (Phi) is 3.04. The Bertz CT molecular complexity index is 384. The highest BCUT2D eigenvalue weighted by Crippen LogP contribution is 2.31. The Morgan fingerprint density at radius 3 is 2.07 bits per heavy atom. The first kappa shape index (κ1) is 11.3. The molecule has 0 bridgehead atoms. The summed E-state index contributed by atoms with van der Waals surface area (Å²) in [4.78, 5) is 0. The van der Waals surface area contributed by atoms with Gasteiger partial charge in [0.1, 0.15) is 0 Å². The normalized spacial score (nSPS) is 11.1. The molecule has 0 atom stereocenters. The van der Waals surface area contributed by atoms with E-state index in [1.54, 1.807) is 13.8 Å². The average Bonchev–Trinajstić information content (AvgIpc) is 2.13. The van der Waals surface area contributed by atoms with Crippen molar-refractivity contribution in [2.45, 2.75) is 19.3 Å². The van der Waals surface area contributed by atoms with Crippen LogP contribution in [0.2, 0.25) is 10.0 Å². The number of halogens is 3. The van der Waals surface area contributed by atoms with E-state index in [4.69, 9.17) is 28.5 Å². The molecule has 4 heteroatoms. The Morgan fingerprint density at radius 1 is 1.29 bits per heavy atom. The molecule has 0 radical (unpaired) electrons. The van der Waals surface area contributed by atoms with Crippen LogP contribution in [0.4, 0.5) is 4.39 Å². The van der Waals surface area contributed by atoms with Crippen LogP contribution in [0.3, 0.4) is 0 Å². The van der Waals surface area contributed by atoms with Gasteiger partial charge in [-0.15, -0.1) is 0 Å². The first-order valence-corrected chi connectivity index (χ1v) is 4.70. The molecule has 0 spiro atoms. The van der Waals surface area contributed by atoms with E-state index in [9.17, 15) is 4.39 Å². The maximum atomic E-state index is 13.1. The van der Waals surface area contributed by atoms with Crippen molar-refractivity contribution in [3.05, 3.63) is 33.6 Å². The second-order valence-corrected chi connectivity index (χ2v) is 4.31. The third-order valence-corrected chi connectivity index (χ3v) is 2.54. The van der Waals surface area contributed by atoms with Crippen LogP contribution in [0.1, 0.15) is 19.4 Å². The molecular formula is C10H8Cl2FN. The van der Waals surface area contributed by atoms with E-state index in [0.717, 1.165) is 0 Å². The quantitative estimate of drug-likeness (QED) is 0.673. The van der Waals surface area contributed by atoms with Crippen LogP contribution in [-0.4, -0.2) is 0 Å². The van der Waals surface area contributed by atoms with Crippen molar-refractivity contribution in [3.8, 4) is 6.07 Å². The topological polar surface area (TPSA) is 23.8 Å². The largest absolute Gasteiger partial charge is 0.204 e. The molecule has 1 nitrogen and oxygen atoms in total. The molecular weight excluding hydrogens is 224 g/mol. The van der Waals surface area contributed by atoms with Gasteiger partial charge in [-0.2, -0.15) is 5.26 Å². The highest BCUT2D eigenvalue weighted by Gasteiger charge is 2.22. The molecule has 1 aromatic carbocycles. The van der Waals surface area contributed by atoms with Gasteiger partial charge in [0.05, 0.1) is 21.5 Å². The summed E-state index contributed by atoms with van der Waals surface area (Å²) in [6.07, 6.45) is 0. The fourth-order valence-electron chi connectivity index (χ4n) is 0.981. The second-order valence-electron chi connectivity index (χ2n) is 3.49. The van der Waals surface area contributed by atoms with E-state index >= 15 is 0 Å². The zero-order chi connectivity index (χ0) is 10.9. The molecule has 0 saturated heterocycles. The van der Waals surface area contributed by atoms with Crippen LogP contribution < -0.4 is 0 Å². The molecule has 14 heavy (non-hydrogen) atoms. The maximum Gasteiger partial charge on any atom is 0.160 e. The van der Waals surface area contributed by atoms with Gasteiger partial charge in [-0.05, 0) is 31.5 Å². The zero-order valence-electron chi connectivity index (χ0n) is 7.74. The number of nitrogens with zero attached hydrogens (tertiary/aromatic N) is 1. The fourth-order valence-corrected chi connectivity index (χ4v) is 1.47. The molecule has 0 aliphatic rings. The van der Waals surface area contributed by atoms with Crippen molar-refractivity contribution in [2.24, 2.45) is 0 Å². The van der Waals surface area contributed by atoms with Crippen molar-refractivity contribution in [1.82, 2.24) is 0 Å². The summed E-state index contributed by atoms with van der Waals surface area (Å²) in [5.41, 5.74) is -0.113. The lowest BCUT2D eigenvalue weighted by Gasteiger charge is -2.16. The molecule has 0 heterocycles. The SMILES string of the molecule is CC(C)(C#N)c1cc(Cl)c(F)c(Cl)c1. The Balaban J connectivity index is 3.35. The molecule has 74 valence electrons. The van der Waals surface area contributed by atoms with Gasteiger partial charge in [-0.25, -0.2) is 4.39 Å². The Labute approximate surface area is 92.1 Å². The molecule has 0 unspecified atom stereocenters. The van der Waals surface area contributed by atoms with Crippen LogP contribution in [0, 0.1) is 17.1 Å². The summed E-state index contributed by atoms with van der Waals surface area (Å²) in [7, 11) is 0. The number of hydrogen-bond acceptors (Lipinski definition) is 1. The third-order valence-electron chi connectivity index (χ3n) is 1.99.